The number of nitrogens with zero attached hydrogens (tertiary/aromatic N) is 2. The highest BCUT2D eigenvalue weighted by molar-refractivity contribution is 5.84. The maximum Gasteiger partial charge on any atom is 0.338 e. The van der Waals surface area contributed by atoms with Gasteiger partial charge in [-0.1, -0.05) is 23.8 Å². The number of carbonyl (C=O) groups is 1. The molecule has 0 atom stereocenters. The van der Waals surface area contributed by atoms with Crippen molar-refractivity contribution in [3.05, 3.63) is 42.1 Å². The minimum atomic E-state index is -0.458. The standard InChI is InChI=1S/C13H12N2O2/c1-9(2)7-12(16)17-13-14-8-10-5-3-4-6-11(10)15-13/h3-8H,1-2H3. The van der Waals surface area contributed by atoms with Crippen molar-refractivity contribution in [2.75, 3.05) is 0 Å². The minimum absolute atomic E-state index is 0.0752. The van der Waals surface area contributed by atoms with Gasteiger partial charge in [0.1, 0.15) is 0 Å². The van der Waals surface area contributed by atoms with Gasteiger partial charge in [-0.25, -0.2) is 9.78 Å². The number of carbonyl (C=O) groups excluding carboxylic acids is 1. The van der Waals surface area contributed by atoms with Crippen molar-refractivity contribution >= 4 is 16.9 Å². The monoisotopic (exact) mass is 228 g/mol. The molecule has 4 nitrogen and oxygen atoms in total. The number of hydrogen-bond donors (Lipinski definition) is 0. The van der Waals surface area contributed by atoms with Gasteiger partial charge >= 0.3 is 12.0 Å². The Morgan fingerprint density at radius 2 is 2.06 bits per heavy atom. The van der Waals surface area contributed by atoms with E-state index in [0.717, 1.165) is 16.5 Å². The van der Waals surface area contributed by atoms with Gasteiger partial charge in [0.2, 0.25) is 0 Å². The minimum Gasteiger partial charge on any atom is -0.388 e. The van der Waals surface area contributed by atoms with Gasteiger partial charge in [0.15, 0.2) is 0 Å². The summed E-state index contributed by atoms with van der Waals surface area (Å²) in [7, 11) is 0. The zero-order valence-corrected chi connectivity index (χ0v) is 9.68. The van der Waals surface area contributed by atoms with E-state index in [1.807, 2.05) is 38.1 Å². The Labute approximate surface area is 99.0 Å². The van der Waals surface area contributed by atoms with Crippen LogP contribution < -0.4 is 4.74 Å². The number of hydrogen-bond acceptors (Lipinski definition) is 4. The summed E-state index contributed by atoms with van der Waals surface area (Å²) < 4.78 is 5.00. The van der Waals surface area contributed by atoms with Crippen molar-refractivity contribution in [2.45, 2.75) is 13.8 Å². The van der Waals surface area contributed by atoms with Gasteiger partial charge in [0.25, 0.3) is 0 Å². The van der Waals surface area contributed by atoms with E-state index >= 15 is 0 Å². The Kier molecular flexibility index (Phi) is 3.14. The van der Waals surface area contributed by atoms with Crippen molar-refractivity contribution in [3.63, 3.8) is 0 Å². The fourth-order valence-corrected chi connectivity index (χ4v) is 1.36. The summed E-state index contributed by atoms with van der Waals surface area (Å²) in [6.07, 6.45) is 3.03. The maximum absolute atomic E-state index is 11.4. The summed E-state index contributed by atoms with van der Waals surface area (Å²) in [5.74, 6) is -0.458. The van der Waals surface area contributed by atoms with E-state index in [2.05, 4.69) is 9.97 Å². The Bertz CT molecular complexity index is 587. The molecule has 0 aliphatic heterocycles. The number of ether oxygens (including phenoxy) is 1. The van der Waals surface area contributed by atoms with Crippen LogP contribution in [0.3, 0.4) is 0 Å². The topological polar surface area (TPSA) is 52.1 Å². The SMILES string of the molecule is CC(C)=CC(=O)Oc1ncc2ccccc2n1. The van der Waals surface area contributed by atoms with E-state index in [9.17, 15) is 4.79 Å². The Balaban J connectivity index is 2.25. The molecule has 17 heavy (non-hydrogen) atoms. The predicted octanol–water partition coefficient (Wildman–Crippen LogP) is 2.50. The van der Waals surface area contributed by atoms with Gasteiger partial charge in [-0.3, -0.25) is 0 Å². The first-order chi connectivity index (χ1) is 8.15. The number of allylic oxidation sites excluding steroid dienone is 1. The molecular weight excluding hydrogens is 216 g/mol. The van der Waals surface area contributed by atoms with Crippen molar-refractivity contribution in [1.82, 2.24) is 9.97 Å². The molecule has 4 heteroatoms. The number of fused-ring (bicyclic) bond motifs is 1. The van der Waals surface area contributed by atoms with Crippen molar-refractivity contribution in [3.8, 4) is 6.01 Å². The molecule has 0 bridgehead atoms. The molecule has 0 saturated carbocycles. The van der Waals surface area contributed by atoms with Crippen LogP contribution in [0.25, 0.3) is 10.9 Å². The molecule has 1 aromatic heterocycles. The van der Waals surface area contributed by atoms with Crippen LogP contribution in [0, 0.1) is 0 Å². The summed E-state index contributed by atoms with van der Waals surface area (Å²) in [5, 5.41) is 0.912. The van der Waals surface area contributed by atoms with Crippen LogP contribution in [0.2, 0.25) is 0 Å². The number of rotatable bonds is 2. The number of aromatic nitrogens is 2. The smallest absolute Gasteiger partial charge is 0.338 e. The van der Waals surface area contributed by atoms with E-state index in [-0.39, 0.29) is 6.01 Å². The molecule has 0 aliphatic rings. The highest BCUT2D eigenvalue weighted by Gasteiger charge is 2.04. The van der Waals surface area contributed by atoms with E-state index in [0.29, 0.717) is 0 Å². The van der Waals surface area contributed by atoms with Crippen LogP contribution in [0.1, 0.15) is 13.8 Å². The second kappa shape index (κ2) is 4.74. The van der Waals surface area contributed by atoms with E-state index in [1.165, 1.54) is 6.08 Å². The summed E-state index contributed by atoms with van der Waals surface area (Å²) >= 11 is 0. The van der Waals surface area contributed by atoms with Crippen LogP contribution in [0.4, 0.5) is 0 Å². The molecule has 0 amide bonds. The third kappa shape index (κ3) is 2.87. The zero-order valence-electron chi connectivity index (χ0n) is 9.68. The molecule has 0 unspecified atom stereocenters. The van der Waals surface area contributed by atoms with Crippen LogP contribution in [0.5, 0.6) is 6.01 Å². The highest BCUT2D eigenvalue weighted by atomic mass is 16.5. The van der Waals surface area contributed by atoms with Crippen molar-refractivity contribution in [2.24, 2.45) is 0 Å². The van der Waals surface area contributed by atoms with Gasteiger partial charge in [-0.05, 0) is 19.9 Å². The lowest BCUT2D eigenvalue weighted by Gasteiger charge is -2.01. The summed E-state index contributed by atoms with van der Waals surface area (Å²) in [5.41, 5.74) is 1.62. The first-order valence-electron chi connectivity index (χ1n) is 5.23. The average molecular weight is 228 g/mol. The third-order valence-electron chi connectivity index (χ3n) is 2.07. The van der Waals surface area contributed by atoms with E-state index < -0.39 is 5.97 Å². The van der Waals surface area contributed by atoms with Gasteiger partial charge in [0.05, 0.1) is 5.52 Å². The molecule has 0 fully saturated rings. The first kappa shape index (κ1) is 11.3. The molecule has 2 aromatic rings. The number of para-hydroxylation sites is 1. The molecule has 2 rings (SSSR count). The Morgan fingerprint density at radius 3 is 2.82 bits per heavy atom. The summed E-state index contributed by atoms with van der Waals surface area (Å²) in [4.78, 5) is 19.5. The number of benzene rings is 1. The first-order valence-corrected chi connectivity index (χ1v) is 5.23. The normalized spacial score (nSPS) is 10.0. The molecule has 86 valence electrons. The number of esters is 1. The predicted molar refractivity (Wildman–Crippen MR) is 64.6 cm³/mol. The average Bonchev–Trinajstić information content (AvgIpc) is 2.27. The third-order valence-corrected chi connectivity index (χ3v) is 2.07. The van der Waals surface area contributed by atoms with Gasteiger partial charge in [0, 0.05) is 17.7 Å². The lowest BCUT2D eigenvalue weighted by atomic mass is 10.2. The second-order valence-corrected chi connectivity index (χ2v) is 3.85. The van der Waals surface area contributed by atoms with E-state index in [1.54, 1.807) is 6.20 Å². The van der Waals surface area contributed by atoms with Gasteiger partial charge < -0.3 is 4.74 Å². The molecule has 0 spiro atoms. The quantitative estimate of drug-likeness (QED) is 0.585. The van der Waals surface area contributed by atoms with Crippen LogP contribution in [-0.2, 0) is 4.79 Å². The molecule has 0 saturated heterocycles. The largest absolute Gasteiger partial charge is 0.388 e. The second-order valence-electron chi connectivity index (χ2n) is 3.85. The molecule has 1 heterocycles. The fourth-order valence-electron chi connectivity index (χ4n) is 1.36. The molecular formula is C13H12N2O2. The zero-order chi connectivity index (χ0) is 12.3. The lowest BCUT2D eigenvalue weighted by molar-refractivity contribution is -0.129. The van der Waals surface area contributed by atoms with Crippen molar-refractivity contribution in [1.29, 1.82) is 0 Å². The van der Waals surface area contributed by atoms with Gasteiger partial charge in [-0.15, -0.1) is 0 Å². The Hall–Kier alpha value is -2.23. The summed E-state index contributed by atoms with van der Waals surface area (Å²) in [6.45, 7) is 3.64. The molecule has 1 aromatic carbocycles. The maximum atomic E-state index is 11.4. The molecule has 0 aliphatic carbocycles. The molecule has 0 radical (unpaired) electrons. The fraction of sp³-hybridized carbons (Fsp3) is 0.154. The van der Waals surface area contributed by atoms with Crippen LogP contribution in [0.15, 0.2) is 42.1 Å². The molecule has 0 N–H and O–H groups in total. The summed E-state index contributed by atoms with van der Waals surface area (Å²) in [6, 6.07) is 7.59. The van der Waals surface area contributed by atoms with Gasteiger partial charge in [-0.2, -0.15) is 4.98 Å². The Morgan fingerprint density at radius 1 is 1.29 bits per heavy atom. The van der Waals surface area contributed by atoms with Crippen LogP contribution in [-0.4, -0.2) is 15.9 Å². The lowest BCUT2D eigenvalue weighted by Crippen LogP contribution is -2.07. The van der Waals surface area contributed by atoms with E-state index in [4.69, 9.17) is 4.74 Å². The van der Waals surface area contributed by atoms with Crippen molar-refractivity contribution < 1.29 is 9.53 Å². The van der Waals surface area contributed by atoms with Crippen LogP contribution >= 0.6 is 0 Å². The highest BCUT2D eigenvalue weighted by Crippen LogP contribution is 2.13.